The molecular formula is C67H95N5O4S3. The molecule has 0 atom stereocenters. The molecule has 8 aromatic rings. The zero-order valence-corrected chi connectivity index (χ0v) is 51.5. The van der Waals surface area contributed by atoms with Gasteiger partial charge in [0.15, 0.2) is 11.5 Å². The Labute approximate surface area is 485 Å². The number of anilines is 1. The molecule has 3 aromatic carbocycles. The average molecular weight is 1130 g/mol. The quantitative estimate of drug-likeness (QED) is 0.0384. The number of hydrogen-bond donors (Lipinski definition) is 1. The molecule has 0 saturated heterocycles. The molecule has 5 heterocycles. The van der Waals surface area contributed by atoms with Crippen LogP contribution >= 0.6 is 34.4 Å². The molecule has 0 fully saturated rings. The van der Waals surface area contributed by atoms with E-state index < -0.39 is 0 Å². The Morgan fingerprint density at radius 1 is 0.494 bits per heavy atom. The fourth-order valence-electron chi connectivity index (χ4n) is 11.7. The van der Waals surface area contributed by atoms with Gasteiger partial charge >= 0.3 is 0 Å². The first-order valence-electron chi connectivity index (χ1n) is 31.6. The van der Waals surface area contributed by atoms with E-state index >= 15 is 0 Å². The van der Waals surface area contributed by atoms with Gasteiger partial charge < -0.3 is 28.7 Å². The van der Waals surface area contributed by atoms with Gasteiger partial charge in [-0.1, -0.05) is 206 Å². The van der Waals surface area contributed by atoms with Crippen LogP contribution in [0.4, 0.5) is 5.69 Å². The van der Waals surface area contributed by atoms with Crippen LogP contribution in [0.15, 0.2) is 53.9 Å². The van der Waals surface area contributed by atoms with Gasteiger partial charge in [0.05, 0.1) is 63.0 Å². The van der Waals surface area contributed by atoms with Crippen molar-refractivity contribution in [2.75, 3.05) is 25.1 Å². The average Bonchev–Trinajstić information content (AvgIpc) is 3.11. The molecule has 0 radical (unpaired) electrons. The fourth-order valence-corrected chi connectivity index (χ4v) is 14.4. The van der Waals surface area contributed by atoms with Gasteiger partial charge in [-0.15, -0.1) is 22.7 Å². The largest absolute Gasteiger partial charge is 0.490 e. The van der Waals surface area contributed by atoms with Gasteiger partial charge in [0.2, 0.25) is 5.75 Å². The van der Waals surface area contributed by atoms with Crippen molar-refractivity contribution < 1.29 is 19.0 Å². The number of nitrogens with zero attached hydrogens (tertiary/aromatic N) is 4. The summed E-state index contributed by atoms with van der Waals surface area (Å²) in [5.74, 6) is 1.65. The molecular weight excluding hydrogens is 1030 g/mol. The third kappa shape index (κ3) is 16.1. The van der Waals surface area contributed by atoms with Gasteiger partial charge in [0.25, 0.3) is 5.91 Å². The first-order chi connectivity index (χ1) is 39.0. The third-order valence-electron chi connectivity index (χ3n) is 16.2. The molecule has 0 saturated carbocycles. The minimum Gasteiger partial charge on any atom is -0.490 e. The second kappa shape index (κ2) is 32.7. The Kier molecular flexibility index (Phi) is 25.0. The monoisotopic (exact) mass is 1130 g/mol. The summed E-state index contributed by atoms with van der Waals surface area (Å²) in [4.78, 5) is 15.6. The number of nitrogens with one attached hydrogen (secondary N) is 1. The van der Waals surface area contributed by atoms with E-state index in [2.05, 4.69) is 78.7 Å². The molecule has 0 unspecified atom stereocenters. The summed E-state index contributed by atoms with van der Waals surface area (Å²) >= 11 is 4.92. The predicted molar refractivity (Wildman–Crippen MR) is 342 cm³/mol. The number of unbranched alkanes of at least 4 members (excludes halogenated alkanes) is 27. The number of thiophene rings is 2. The van der Waals surface area contributed by atoms with Crippen LogP contribution in [0.1, 0.15) is 238 Å². The van der Waals surface area contributed by atoms with Crippen molar-refractivity contribution in [3.63, 3.8) is 0 Å². The number of hydrogen-bond acceptors (Lipinski definition) is 9. The Bertz CT molecular complexity index is 3020. The maximum atomic E-state index is 14.4. The Morgan fingerprint density at radius 2 is 0.924 bits per heavy atom. The summed E-state index contributed by atoms with van der Waals surface area (Å²) in [6.45, 7) is 14.8. The normalized spacial score (nSPS) is 11.9. The third-order valence-corrected chi connectivity index (χ3v) is 18.8. The number of rotatable bonds is 41. The molecule has 5 aromatic heterocycles. The van der Waals surface area contributed by atoms with E-state index in [0.717, 1.165) is 73.9 Å². The van der Waals surface area contributed by atoms with Crippen LogP contribution in [0.2, 0.25) is 0 Å². The van der Waals surface area contributed by atoms with Gasteiger partial charge in [-0.3, -0.25) is 4.79 Å². The highest BCUT2D eigenvalue weighted by atomic mass is 32.1. The smallest absolute Gasteiger partial charge is 0.255 e. The first kappa shape index (κ1) is 60.4. The highest BCUT2D eigenvalue weighted by Crippen LogP contribution is 2.49. The molecule has 12 heteroatoms. The molecule has 0 spiro atoms. The lowest BCUT2D eigenvalue weighted by Gasteiger charge is -2.19. The summed E-state index contributed by atoms with van der Waals surface area (Å²) in [5.41, 5.74) is 9.35. The molecule has 79 heavy (non-hydrogen) atoms. The lowest BCUT2D eigenvalue weighted by Crippen LogP contribution is -2.14. The second-order valence-corrected chi connectivity index (χ2v) is 24.8. The Hall–Kier alpha value is -4.65. The first-order valence-corrected chi connectivity index (χ1v) is 34.0. The van der Waals surface area contributed by atoms with E-state index in [9.17, 15) is 4.79 Å². The molecule has 1 N–H and O–H groups in total. The SMILES string of the molecule is CCCCCCCCCCCCOc1cc(C(=O)Nc2ccc(-c3cc4c(s3)c3c5nsnc5c5c6sccc6n(CC)c5c3n4CC)cc2)cc(OCCCCCCCCCCCC)c1OCCCCCCCCCCCC. The number of aromatic nitrogens is 4. The van der Waals surface area contributed by atoms with Gasteiger partial charge in [0, 0.05) is 40.0 Å². The van der Waals surface area contributed by atoms with E-state index in [0.29, 0.717) is 42.6 Å². The van der Waals surface area contributed by atoms with E-state index in [1.54, 1.807) is 11.3 Å². The highest BCUT2D eigenvalue weighted by Gasteiger charge is 2.27. The molecule has 0 aliphatic heterocycles. The van der Waals surface area contributed by atoms with E-state index in [1.807, 2.05) is 35.6 Å². The van der Waals surface area contributed by atoms with E-state index in [4.69, 9.17) is 23.0 Å². The topological polar surface area (TPSA) is 92.4 Å². The molecule has 0 bridgehead atoms. The minimum absolute atomic E-state index is 0.198. The van der Waals surface area contributed by atoms with E-state index in [-0.39, 0.29) is 5.91 Å². The zero-order chi connectivity index (χ0) is 55.0. The molecule has 1 amide bonds. The number of ether oxygens (including phenoxy) is 3. The summed E-state index contributed by atoms with van der Waals surface area (Å²) < 4.78 is 37.3. The van der Waals surface area contributed by atoms with Crippen molar-refractivity contribution in [3.8, 4) is 27.7 Å². The van der Waals surface area contributed by atoms with E-state index in [1.165, 1.54) is 213 Å². The maximum Gasteiger partial charge on any atom is 0.255 e. The van der Waals surface area contributed by atoms with Crippen LogP contribution in [0.5, 0.6) is 17.2 Å². The predicted octanol–water partition coefficient (Wildman–Crippen LogP) is 21.9. The number of fused-ring (bicyclic) bond motifs is 10. The van der Waals surface area contributed by atoms with Crippen molar-refractivity contribution in [2.24, 2.45) is 0 Å². The van der Waals surface area contributed by atoms with Crippen LogP contribution in [0.3, 0.4) is 0 Å². The summed E-state index contributed by atoms with van der Waals surface area (Å²) in [6, 6.07) is 16.6. The van der Waals surface area contributed by atoms with Crippen LogP contribution in [0.25, 0.3) is 63.7 Å². The summed E-state index contributed by atoms with van der Waals surface area (Å²) in [5, 5.41) is 7.85. The van der Waals surface area contributed by atoms with Crippen molar-refractivity contribution in [1.29, 1.82) is 0 Å². The molecule has 9 nitrogen and oxygen atoms in total. The van der Waals surface area contributed by atoms with Gasteiger partial charge in [-0.25, -0.2) is 0 Å². The lowest BCUT2D eigenvalue weighted by atomic mass is 10.1. The van der Waals surface area contributed by atoms with Gasteiger partial charge in [0.1, 0.15) is 11.0 Å². The summed E-state index contributed by atoms with van der Waals surface area (Å²) in [6.07, 6.45) is 37.9. The van der Waals surface area contributed by atoms with Crippen molar-refractivity contribution in [1.82, 2.24) is 17.9 Å². The molecule has 0 aliphatic carbocycles. The van der Waals surface area contributed by atoms with Crippen LogP contribution in [-0.2, 0) is 13.1 Å². The van der Waals surface area contributed by atoms with Crippen LogP contribution in [0, 0.1) is 0 Å². The van der Waals surface area contributed by atoms with Gasteiger partial charge in [-0.2, -0.15) is 8.75 Å². The highest BCUT2D eigenvalue weighted by molar-refractivity contribution is 7.23. The zero-order valence-electron chi connectivity index (χ0n) is 49.1. The minimum atomic E-state index is -0.198. The van der Waals surface area contributed by atoms with Gasteiger partial charge in [-0.05, 0) is 80.5 Å². The molecule has 8 rings (SSSR count). The van der Waals surface area contributed by atoms with Crippen molar-refractivity contribution in [2.45, 2.75) is 240 Å². The number of aryl methyl sites for hydroxylation is 2. The number of benzene rings is 3. The van der Waals surface area contributed by atoms with Crippen LogP contribution < -0.4 is 19.5 Å². The Morgan fingerprint density at radius 3 is 1.39 bits per heavy atom. The Balaban J connectivity index is 0.978. The maximum absolute atomic E-state index is 14.4. The lowest BCUT2D eigenvalue weighted by molar-refractivity contribution is 0.102. The molecule has 430 valence electrons. The second-order valence-electron chi connectivity index (χ2n) is 22.3. The summed E-state index contributed by atoms with van der Waals surface area (Å²) in [7, 11) is 0. The standard InChI is InChI=1S/C67H95N5O4S3/c1-6-11-14-17-20-23-26-29-32-35-43-74-55-47-51(48-56(75-44-36-33-30-27-24-21-18-15-12-7-2)64(55)76-45-37-34-31-28-25-22-19-16-13-8-3)67(73)68-52-40-38-50(39-41-52)57-49-54-66(78-57)59-61-60(69-79-70-61)58-62(63(59)72(54)10-5)71(9-4)53-42-46-77-65(53)58/h38-42,46-49H,6-37,43-45H2,1-5H3,(H,68,73). The number of carbonyl (C=O) groups excluding carboxylic acids is 1. The number of carbonyl (C=O) groups is 1. The fraction of sp³-hybridized carbons (Fsp3) is 0.597. The van der Waals surface area contributed by atoms with Crippen molar-refractivity contribution >= 4 is 99.3 Å². The number of amides is 1. The molecule has 0 aliphatic rings. The van der Waals surface area contributed by atoms with Crippen molar-refractivity contribution in [3.05, 3.63) is 59.5 Å². The van der Waals surface area contributed by atoms with Crippen LogP contribution in [-0.4, -0.2) is 43.6 Å².